The molecule has 1 aromatic heterocycles. The Bertz CT molecular complexity index is 799. The first-order valence-electron chi connectivity index (χ1n) is 9.58. The summed E-state index contributed by atoms with van der Waals surface area (Å²) in [5.74, 6) is 0.545. The van der Waals surface area contributed by atoms with Gasteiger partial charge in [0.1, 0.15) is 5.82 Å². The van der Waals surface area contributed by atoms with Crippen molar-refractivity contribution >= 4 is 17.5 Å². The fourth-order valence-electron chi connectivity index (χ4n) is 3.11. The Morgan fingerprint density at radius 3 is 2.71 bits per heavy atom. The maximum Gasteiger partial charge on any atom is 0.253 e. The van der Waals surface area contributed by atoms with E-state index in [2.05, 4.69) is 20.5 Å². The summed E-state index contributed by atoms with van der Waals surface area (Å²) in [7, 11) is 0. The zero-order valence-electron chi connectivity index (χ0n) is 16.2. The molecule has 2 N–H and O–H groups in total. The molecule has 1 aliphatic rings. The lowest BCUT2D eigenvalue weighted by atomic mass is 10.1. The molecule has 1 aliphatic heterocycles. The Labute approximate surface area is 164 Å². The first kappa shape index (κ1) is 20.0. The number of para-hydroxylation sites is 1. The number of carbonyl (C=O) groups is 2. The first-order chi connectivity index (χ1) is 13.6. The minimum atomic E-state index is -0.186. The van der Waals surface area contributed by atoms with Gasteiger partial charge in [-0.15, -0.1) is 0 Å². The molecule has 1 fully saturated rings. The molecule has 2 aromatic rings. The lowest BCUT2D eigenvalue weighted by molar-refractivity contribution is -0.116. The van der Waals surface area contributed by atoms with Crippen LogP contribution in [0.4, 0.5) is 5.69 Å². The molecule has 0 aliphatic carbocycles. The van der Waals surface area contributed by atoms with Crippen LogP contribution in [0.5, 0.6) is 0 Å². The Morgan fingerprint density at radius 1 is 1.18 bits per heavy atom. The van der Waals surface area contributed by atoms with E-state index in [1.165, 1.54) is 0 Å². The van der Waals surface area contributed by atoms with Crippen molar-refractivity contribution in [3.63, 3.8) is 0 Å². The summed E-state index contributed by atoms with van der Waals surface area (Å²) >= 11 is 0. The number of nitrogens with one attached hydrogen (secondary N) is 2. The summed E-state index contributed by atoms with van der Waals surface area (Å²) in [5.41, 5.74) is 0.996. The number of morpholine rings is 1. The molecular weight excluding hydrogens is 358 g/mol. The number of nitrogens with zero attached hydrogens (tertiary/aromatic N) is 3. The number of ether oxygens (including phenoxy) is 1. The molecule has 0 spiro atoms. The number of rotatable bonds is 8. The number of imidazole rings is 1. The number of benzene rings is 1. The minimum absolute atomic E-state index is 0.137. The van der Waals surface area contributed by atoms with Gasteiger partial charge in [-0.25, -0.2) is 4.98 Å². The normalized spacial score (nSPS) is 14.6. The molecule has 0 saturated carbocycles. The van der Waals surface area contributed by atoms with E-state index < -0.39 is 0 Å². The Balaban J connectivity index is 1.50. The van der Waals surface area contributed by atoms with Gasteiger partial charge >= 0.3 is 0 Å². The van der Waals surface area contributed by atoms with E-state index in [1.54, 1.807) is 30.5 Å². The second kappa shape index (κ2) is 10.0. The van der Waals surface area contributed by atoms with E-state index in [1.807, 2.05) is 17.7 Å². The summed E-state index contributed by atoms with van der Waals surface area (Å²) in [6, 6.07) is 7.07. The monoisotopic (exact) mass is 385 g/mol. The fourth-order valence-corrected chi connectivity index (χ4v) is 3.11. The second-order valence-electron chi connectivity index (χ2n) is 6.72. The lowest BCUT2D eigenvalue weighted by Gasteiger charge is -2.26. The van der Waals surface area contributed by atoms with Crippen LogP contribution in [0.3, 0.4) is 0 Å². The number of aryl methyl sites for hydroxylation is 2. The van der Waals surface area contributed by atoms with Crippen molar-refractivity contribution in [2.45, 2.75) is 19.9 Å². The Kier molecular flexibility index (Phi) is 7.16. The second-order valence-corrected chi connectivity index (χ2v) is 6.72. The number of aromatic nitrogens is 2. The summed E-state index contributed by atoms with van der Waals surface area (Å²) in [6.07, 6.45) is 3.87. The highest BCUT2D eigenvalue weighted by Gasteiger charge is 2.14. The molecule has 28 heavy (non-hydrogen) atoms. The smallest absolute Gasteiger partial charge is 0.253 e. The van der Waals surface area contributed by atoms with E-state index in [-0.39, 0.29) is 11.8 Å². The number of hydrogen-bond acceptors (Lipinski definition) is 5. The van der Waals surface area contributed by atoms with Gasteiger partial charge in [-0.3, -0.25) is 14.5 Å². The van der Waals surface area contributed by atoms with Gasteiger partial charge < -0.3 is 19.9 Å². The number of carbonyl (C=O) groups excluding carboxylic acids is 2. The summed E-state index contributed by atoms with van der Waals surface area (Å²) in [6.45, 7) is 7.04. The zero-order chi connectivity index (χ0) is 19.8. The fraction of sp³-hybridized carbons (Fsp3) is 0.450. The van der Waals surface area contributed by atoms with Gasteiger partial charge in [0.25, 0.3) is 5.91 Å². The molecule has 0 atom stereocenters. The average Bonchev–Trinajstić information content (AvgIpc) is 3.12. The van der Waals surface area contributed by atoms with Crippen LogP contribution in [0, 0.1) is 6.92 Å². The van der Waals surface area contributed by atoms with Crippen molar-refractivity contribution in [3.05, 3.63) is 48.0 Å². The van der Waals surface area contributed by atoms with Crippen LogP contribution in [0.1, 0.15) is 22.6 Å². The van der Waals surface area contributed by atoms with Gasteiger partial charge in [0, 0.05) is 51.5 Å². The van der Waals surface area contributed by atoms with Crippen molar-refractivity contribution in [2.75, 3.05) is 44.7 Å². The topological polar surface area (TPSA) is 88.5 Å². The molecule has 150 valence electrons. The van der Waals surface area contributed by atoms with Crippen LogP contribution in [-0.4, -0.2) is 65.7 Å². The van der Waals surface area contributed by atoms with Crippen molar-refractivity contribution < 1.29 is 14.3 Å². The van der Waals surface area contributed by atoms with E-state index in [9.17, 15) is 9.59 Å². The third-order valence-corrected chi connectivity index (χ3v) is 4.77. The standard InChI is InChI=1S/C20H27N5O3/c1-16-21-8-11-25(16)9-6-19(26)23-18-5-3-2-4-17(18)20(27)22-7-10-24-12-14-28-15-13-24/h2-5,8,11H,6-7,9-10,12-15H2,1H3,(H,22,27)(H,23,26). The predicted octanol–water partition coefficient (Wildman–Crippen LogP) is 1.28. The SMILES string of the molecule is Cc1nccn1CCC(=O)Nc1ccccc1C(=O)NCCN1CCOCC1. The van der Waals surface area contributed by atoms with Crippen molar-refractivity contribution in [2.24, 2.45) is 0 Å². The first-order valence-corrected chi connectivity index (χ1v) is 9.58. The van der Waals surface area contributed by atoms with Gasteiger partial charge in [0.05, 0.1) is 24.5 Å². The number of hydrogen-bond donors (Lipinski definition) is 2. The summed E-state index contributed by atoms with van der Waals surface area (Å²) in [5, 5.41) is 5.79. The van der Waals surface area contributed by atoms with E-state index >= 15 is 0 Å². The van der Waals surface area contributed by atoms with Crippen LogP contribution in [0.25, 0.3) is 0 Å². The molecule has 1 saturated heterocycles. The number of anilines is 1. The Hall–Kier alpha value is -2.71. The molecule has 0 bridgehead atoms. The largest absolute Gasteiger partial charge is 0.379 e. The molecule has 0 radical (unpaired) electrons. The third kappa shape index (κ3) is 5.64. The zero-order valence-corrected chi connectivity index (χ0v) is 16.2. The summed E-state index contributed by atoms with van der Waals surface area (Å²) < 4.78 is 7.25. The highest BCUT2D eigenvalue weighted by Crippen LogP contribution is 2.15. The van der Waals surface area contributed by atoms with Crippen molar-refractivity contribution in [1.29, 1.82) is 0 Å². The lowest BCUT2D eigenvalue weighted by Crippen LogP contribution is -2.41. The van der Waals surface area contributed by atoms with Gasteiger partial charge in [-0.2, -0.15) is 0 Å². The van der Waals surface area contributed by atoms with Crippen LogP contribution in [-0.2, 0) is 16.1 Å². The van der Waals surface area contributed by atoms with Gasteiger partial charge in [-0.05, 0) is 19.1 Å². The molecule has 3 rings (SSSR count). The van der Waals surface area contributed by atoms with E-state index in [0.29, 0.717) is 30.8 Å². The van der Waals surface area contributed by atoms with E-state index in [0.717, 1.165) is 38.7 Å². The average molecular weight is 385 g/mol. The molecule has 2 heterocycles. The van der Waals surface area contributed by atoms with Crippen LogP contribution in [0.15, 0.2) is 36.7 Å². The van der Waals surface area contributed by atoms with Crippen LogP contribution in [0.2, 0.25) is 0 Å². The maximum absolute atomic E-state index is 12.6. The van der Waals surface area contributed by atoms with Crippen molar-refractivity contribution in [3.8, 4) is 0 Å². The summed E-state index contributed by atoms with van der Waals surface area (Å²) in [4.78, 5) is 31.3. The van der Waals surface area contributed by atoms with E-state index in [4.69, 9.17) is 4.74 Å². The van der Waals surface area contributed by atoms with Gasteiger partial charge in [0.15, 0.2) is 0 Å². The van der Waals surface area contributed by atoms with Crippen LogP contribution < -0.4 is 10.6 Å². The van der Waals surface area contributed by atoms with Gasteiger partial charge in [0.2, 0.25) is 5.91 Å². The highest BCUT2D eigenvalue weighted by molar-refractivity contribution is 6.03. The predicted molar refractivity (Wildman–Crippen MR) is 106 cm³/mol. The molecule has 8 heteroatoms. The molecule has 0 unspecified atom stereocenters. The molecule has 2 amide bonds. The maximum atomic E-state index is 12.6. The highest BCUT2D eigenvalue weighted by atomic mass is 16.5. The molecular formula is C20H27N5O3. The molecule has 8 nitrogen and oxygen atoms in total. The molecule has 1 aromatic carbocycles. The van der Waals surface area contributed by atoms with Crippen molar-refractivity contribution in [1.82, 2.24) is 19.8 Å². The third-order valence-electron chi connectivity index (χ3n) is 4.77. The quantitative estimate of drug-likeness (QED) is 0.715. The minimum Gasteiger partial charge on any atom is -0.379 e. The van der Waals surface area contributed by atoms with Crippen LogP contribution >= 0.6 is 0 Å². The number of amides is 2. The Morgan fingerprint density at radius 2 is 1.96 bits per heavy atom. The van der Waals surface area contributed by atoms with Gasteiger partial charge in [-0.1, -0.05) is 12.1 Å².